The Kier molecular flexibility index (Phi) is 6.10. The van der Waals surface area contributed by atoms with Gasteiger partial charge in [-0.25, -0.2) is 0 Å². The molecule has 23 heavy (non-hydrogen) atoms. The van der Waals surface area contributed by atoms with E-state index in [1.807, 2.05) is 67.6 Å². The highest BCUT2D eigenvalue weighted by Crippen LogP contribution is 2.32. The number of carbonyl (C=O) groups is 2. The molecule has 0 aliphatic rings. The van der Waals surface area contributed by atoms with Crippen LogP contribution in [0.3, 0.4) is 0 Å². The average molecular weight is 310 g/mol. The monoisotopic (exact) mass is 310 g/mol. The van der Waals surface area contributed by atoms with E-state index in [9.17, 15) is 9.59 Å². The van der Waals surface area contributed by atoms with Gasteiger partial charge in [-0.05, 0) is 12.0 Å². The summed E-state index contributed by atoms with van der Waals surface area (Å²) in [7, 11) is 1.39. The van der Waals surface area contributed by atoms with Crippen LogP contribution in [0.5, 0.6) is 0 Å². The Bertz CT molecular complexity index is 634. The van der Waals surface area contributed by atoms with E-state index >= 15 is 0 Å². The topological polar surface area (TPSA) is 43.4 Å². The van der Waals surface area contributed by atoms with Gasteiger partial charge in [0.15, 0.2) is 5.78 Å². The molecule has 3 nitrogen and oxygen atoms in total. The van der Waals surface area contributed by atoms with Crippen LogP contribution in [-0.4, -0.2) is 18.9 Å². The minimum atomic E-state index is -0.324. The standard InChI is InChI=1S/C20H22O3/c1-3-17(20(22)23-2)18(15-10-6-4-7-11-15)14-19(21)16-12-8-5-9-13-16/h4-13,17-18H,3,14H2,1-2H3. The van der Waals surface area contributed by atoms with Gasteiger partial charge >= 0.3 is 5.97 Å². The van der Waals surface area contributed by atoms with Crippen LogP contribution in [0.2, 0.25) is 0 Å². The Labute approximate surface area is 137 Å². The molecule has 2 aromatic rings. The second-order valence-electron chi connectivity index (χ2n) is 5.55. The average Bonchev–Trinajstić information content (AvgIpc) is 2.62. The molecule has 120 valence electrons. The Balaban J connectivity index is 2.30. The molecule has 2 unspecified atom stereocenters. The maximum Gasteiger partial charge on any atom is 0.309 e. The molecule has 0 spiro atoms. The van der Waals surface area contributed by atoms with Gasteiger partial charge in [0, 0.05) is 17.9 Å². The van der Waals surface area contributed by atoms with E-state index in [1.165, 1.54) is 7.11 Å². The first-order chi connectivity index (χ1) is 11.2. The SMILES string of the molecule is CCC(C(=O)OC)C(CC(=O)c1ccccc1)c1ccccc1. The van der Waals surface area contributed by atoms with E-state index < -0.39 is 0 Å². The van der Waals surface area contributed by atoms with Gasteiger partial charge in [0.05, 0.1) is 13.0 Å². The number of Topliss-reactive ketones (excluding diaryl/α,β-unsaturated/α-hetero) is 1. The first kappa shape index (κ1) is 16.9. The van der Waals surface area contributed by atoms with Crippen molar-refractivity contribution in [3.8, 4) is 0 Å². The zero-order chi connectivity index (χ0) is 16.7. The quantitative estimate of drug-likeness (QED) is 0.567. The Morgan fingerprint density at radius 3 is 2.04 bits per heavy atom. The third-order valence-corrected chi connectivity index (χ3v) is 4.16. The minimum Gasteiger partial charge on any atom is -0.469 e. The van der Waals surface area contributed by atoms with Crippen molar-refractivity contribution < 1.29 is 14.3 Å². The number of ether oxygens (including phenoxy) is 1. The molecule has 2 atom stereocenters. The van der Waals surface area contributed by atoms with Gasteiger partial charge < -0.3 is 4.74 Å². The van der Waals surface area contributed by atoms with Crippen LogP contribution in [-0.2, 0) is 9.53 Å². The van der Waals surface area contributed by atoms with Gasteiger partial charge in [-0.2, -0.15) is 0 Å². The van der Waals surface area contributed by atoms with Crippen LogP contribution in [0, 0.1) is 5.92 Å². The van der Waals surface area contributed by atoms with Gasteiger partial charge in [-0.1, -0.05) is 67.6 Å². The summed E-state index contributed by atoms with van der Waals surface area (Å²) in [6.45, 7) is 1.95. The number of esters is 1. The maximum absolute atomic E-state index is 12.6. The number of carbonyl (C=O) groups excluding carboxylic acids is 2. The van der Waals surface area contributed by atoms with E-state index in [0.717, 1.165) is 5.56 Å². The fourth-order valence-electron chi connectivity index (χ4n) is 2.90. The van der Waals surface area contributed by atoms with Crippen molar-refractivity contribution in [2.75, 3.05) is 7.11 Å². The van der Waals surface area contributed by atoms with Crippen molar-refractivity contribution in [3.05, 3.63) is 71.8 Å². The maximum atomic E-state index is 12.6. The second kappa shape index (κ2) is 8.28. The highest BCUT2D eigenvalue weighted by atomic mass is 16.5. The Hall–Kier alpha value is -2.42. The Morgan fingerprint density at radius 1 is 0.957 bits per heavy atom. The van der Waals surface area contributed by atoms with Gasteiger partial charge in [0.1, 0.15) is 0 Å². The molecule has 3 heteroatoms. The lowest BCUT2D eigenvalue weighted by atomic mass is 9.80. The molecule has 0 saturated heterocycles. The molecule has 0 heterocycles. The number of ketones is 1. The fraction of sp³-hybridized carbons (Fsp3) is 0.300. The molecule has 0 aliphatic heterocycles. The van der Waals surface area contributed by atoms with Gasteiger partial charge in [-0.3, -0.25) is 9.59 Å². The third kappa shape index (κ3) is 4.28. The summed E-state index contributed by atoms with van der Waals surface area (Å²) in [5.41, 5.74) is 1.67. The van der Waals surface area contributed by atoms with Crippen LogP contribution < -0.4 is 0 Å². The van der Waals surface area contributed by atoms with E-state index in [-0.39, 0.29) is 23.6 Å². The summed E-state index contributed by atoms with van der Waals surface area (Å²) in [4.78, 5) is 24.7. The van der Waals surface area contributed by atoms with Crippen LogP contribution in [0.4, 0.5) is 0 Å². The third-order valence-electron chi connectivity index (χ3n) is 4.16. The molecule has 0 aromatic heterocycles. The van der Waals surface area contributed by atoms with Crippen molar-refractivity contribution in [1.82, 2.24) is 0 Å². The van der Waals surface area contributed by atoms with Crippen molar-refractivity contribution in [3.63, 3.8) is 0 Å². The smallest absolute Gasteiger partial charge is 0.309 e. The molecule has 0 radical (unpaired) electrons. The zero-order valence-electron chi connectivity index (χ0n) is 13.6. The molecule has 2 aromatic carbocycles. The molecule has 0 bridgehead atoms. The second-order valence-corrected chi connectivity index (χ2v) is 5.55. The number of hydrogen-bond acceptors (Lipinski definition) is 3. The van der Waals surface area contributed by atoms with Gasteiger partial charge in [0.2, 0.25) is 0 Å². The van der Waals surface area contributed by atoms with E-state index in [0.29, 0.717) is 18.4 Å². The molecule has 0 N–H and O–H groups in total. The van der Waals surface area contributed by atoms with Crippen LogP contribution in [0.15, 0.2) is 60.7 Å². The summed E-state index contributed by atoms with van der Waals surface area (Å²) in [6.07, 6.45) is 0.927. The normalized spacial score (nSPS) is 13.1. The summed E-state index contributed by atoms with van der Waals surface area (Å²) >= 11 is 0. The molecular formula is C20H22O3. The van der Waals surface area contributed by atoms with Crippen LogP contribution >= 0.6 is 0 Å². The number of hydrogen-bond donors (Lipinski definition) is 0. The highest BCUT2D eigenvalue weighted by Gasteiger charge is 2.30. The first-order valence-corrected chi connectivity index (χ1v) is 7.88. The molecular weight excluding hydrogens is 288 g/mol. The summed E-state index contributed by atoms with van der Waals surface area (Å²) in [5.74, 6) is -0.722. The summed E-state index contributed by atoms with van der Waals surface area (Å²) in [5, 5.41) is 0. The fourth-order valence-corrected chi connectivity index (χ4v) is 2.90. The van der Waals surface area contributed by atoms with E-state index in [1.54, 1.807) is 0 Å². The zero-order valence-corrected chi connectivity index (χ0v) is 13.6. The van der Waals surface area contributed by atoms with Gasteiger partial charge in [0.25, 0.3) is 0 Å². The number of benzene rings is 2. The van der Waals surface area contributed by atoms with Crippen molar-refractivity contribution >= 4 is 11.8 Å². The first-order valence-electron chi connectivity index (χ1n) is 7.88. The van der Waals surface area contributed by atoms with E-state index in [4.69, 9.17) is 4.74 Å². The molecule has 2 rings (SSSR count). The van der Waals surface area contributed by atoms with E-state index in [2.05, 4.69) is 0 Å². The molecule has 0 aliphatic carbocycles. The van der Waals surface area contributed by atoms with Crippen molar-refractivity contribution in [2.45, 2.75) is 25.7 Å². The summed E-state index contributed by atoms with van der Waals surface area (Å²) < 4.78 is 4.94. The predicted octanol–water partition coefficient (Wildman–Crippen LogP) is 4.24. The van der Waals surface area contributed by atoms with Crippen LogP contribution in [0.1, 0.15) is 41.6 Å². The predicted molar refractivity (Wildman–Crippen MR) is 90.4 cm³/mol. The van der Waals surface area contributed by atoms with Crippen molar-refractivity contribution in [2.24, 2.45) is 5.92 Å². The summed E-state index contributed by atoms with van der Waals surface area (Å²) in [6, 6.07) is 18.9. The van der Waals surface area contributed by atoms with Crippen LogP contribution in [0.25, 0.3) is 0 Å². The minimum absolute atomic E-state index is 0.0433. The van der Waals surface area contributed by atoms with Crippen molar-refractivity contribution in [1.29, 1.82) is 0 Å². The molecule has 0 saturated carbocycles. The number of methoxy groups -OCH3 is 1. The number of rotatable bonds is 7. The molecule has 0 amide bonds. The lowest BCUT2D eigenvalue weighted by molar-refractivity contribution is -0.146. The lowest BCUT2D eigenvalue weighted by Gasteiger charge is -2.24. The Morgan fingerprint density at radius 2 is 1.52 bits per heavy atom. The molecule has 0 fully saturated rings. The largest absolute Gasteiger partial charge is 0.469 e. The van der Waals surface area contributed by atoms with Gasteiger partial charge in [-0.15, -0.1) is 0 Å². The highest BCUT2D eigenvalue weighted by molar-refractivity contribution is 5.96. The lowest BCUT2D eigenvalue weighted by Crippen LogP contribution is -2.25.